The van der Waals surface area contributed by atoms with E-state index < -0.39 is 5.82 Å². The first-order valence-electron chi connectivity index (χ1n) is 8.32. The molecular formula is C20H18ClFN2O2S. The molecule has 0 spiro atoms. The van der Waals surface area contributed by atoms with E-state index in [9.17, 15) is 9.18 Å². The predicted molar refractivity (Wildman–Crippen MR) is 109 cm³/mol. The molecule has 0 radical (unpaired) electrons. The third-order valence-electron chi connectivity index (χ3n) is 3.69. The maximum absolute atomic E-state index is 13.9. The highest BCUT2D eigenvalue weighted by molar-refractivity contribution is 8.18. The molecule has 140 valence electrons. The van der Waals surface area contributed by atoms with Gasteiger partial charge < -0.3 is 4.74 Å². The first kappa shape index (κ1) is 19.5. The summed E-state index contributed by atoms with van der Waals surface area (Å²) in [4.78, 5) is 18.7. The number of hydrogen-bond acceptors (Lipinski definition) is 4. The van der Waals surface area contributed by atoms with Crippen molar-refractivity contribution < 1.29 is 13.9 Å². The number of benzene rings is 2. The van der Waals surface area contributed by atoms with E-state index in [1.807, 2.05) is 13.8 Å². The van der Waals surface area contributed by atoms with Crippen LogP contribution < -0.4 is 4.74 Å². The van der Waals surface area contributed by atoms with Crippen molar-refractivity contribution in [1.82, 2.24) is 4.90 Å². The van der Waals surface area contributed by atoms with Gasteiger partial charge in [-0.3, -0.25) is 9.69 Å². The lowest BCUT2D eigenvalue weighted by atomic mass is 10.1. The molecule has 1 aliphatic heterocycles. The lowest BCUT2D eigenvalue weighted by molar-refractivity contribution is -0.121. The zero-order valence-corrected chi connectivity index (χ0v) is 16.6. The van der Waals surface area contributed by atoms with Crippen molar-refractivity contribution in [2.24, 2.45) is 4.99 Å². The summed E-state index contributed by atoms with van der Waals surface area (Å²) < 4.78 is 19.7. The summed E-state index contributed by atoms with van der Waals surface area (Å²) in [5.41, 5.74) is 0.889. The van der Waals surface area contributed by atoms with Crippen LogP contribution in [0.15, 0.2) is 52.4 Å². The minimum absolute atomic E-state index is 0.0175. The molecule has 0 aromatic heterocycles. The number of carbonyl (C=O) groups is 1. The Hall–Kier alpha value is -2.31. The van der Waals surface area contributed by atoms with Gasteiger partial charge in [0.05, 0.1) is 11.0 Å². The summed E-state index contributed by atoms with van der Waals surface area (Å²) in [7, 11) is 1.61. The van der Waals surface area contributed by atoms with Crippen molar-refractivity contribution in [2.75, 3.05) is 7.05 Å². The number of nitrogens with zero attached hydrogens (tertiary/aromatic N) is 2. The Balaban J connectivity index is 1.96. The van der Waals surface area contributed by atoms with Crippen molar-refractivity contribution in [2.45, 2.75) is 20.0 Å². The number of rotatable bonds is 4. The molecule has 0 atom stereocenters. The van der Waals surface area contributed by atoms with Crippen molar-refractivity contribution in [1.29, 1.82) is 0 Å². The second-order valence-corrected chi connectivity index (χ2v) is 7.61. The SMILES string of the molecule is CC(C)Oc1ccc(Cl)cc1/C=C1/SC(=Nc2ccccc2F)N(C)C1=O. The van der Waals surface area contributed by atoms with E-state index in [1.54, 1.807) is 49.5 Å². The van der Waals surface area contributed by atoms with Crippen LogP contribution in [-0.4, -0.2) is 29.1 Å². The lowest BCUT2D eigenvalue weighted by Gasteiger charge is -2.13. The Morgan fingerprint density at radius 1 is 1.26 bits per heavy atom. The standard InChI is InChI=1S/C20H18ClFN2O2S/c1-12(2)26-17-9-8-14(21)10-13(17)11-18-19(25)24(3)20(27-18)23-16-7-5-4-6-15(16)22/h4-12H,1-3H3/b18-11+,23-20?. The Morgan fingerprint density at radius 3 is 2.70 bits per heavy atom. The molecule has 1 heterocycles. The third kappa shape index (κ3) is 4.51. The zero-order valence-electron chi connectivity index (χ0n) is 15.1. The molecule has 1 amide bonds. The maximum Gasteiger partial charge on any atom is 0.266 e. The highest BCUT2D eigenvalue weighted by Crippen LogP contribution is 2.36. The first-order valence-corrected chi connectivity index (χ1v) is 9.51. The van der Waals surface area contributed by atoms with Gasteiger partial charge >= 0.3 is 0 Å². The summed E-state index contributed by atoms with van der Waals surface area (Å²) in [5, 5.41) is 0.951. The number of likely N-dealkylation sites (N-methyl/N-ethyl adjacent to an activating group) is 1. The molecule has 0 saturated carbocycles. The average Bonchev–Trinajstić information content (AvgIpc) is 2.87. The molecule has 27 heavy (non-hydrogen) atoms. The van der Waals surface area contributed by atoms with Crippen molar-refractivity contribution in [3.05, 3.63) is 63.8 Å². The molecule has 0 bridgehead atoms. The van der Waals surface area contributed by atoms with E-state index in [1.165, 1.54) is 22.7 Å². The van der Waals surface area contributed by atoms with E-state index >= 15 is 0 Å². The number of hydrogen-bond donors (Lipinski definition) is 0. The Labute approximate surface area is 166 Å². The number of halogens is 2. The number of aliphatic imine (C=N–C) groups is 1. The molecular weight excluding hydrogens is 387 g/mol. The fourth-order valence-corrected chi connectivity index (χ4v) is 3.58. The van der Waals surface area contributed by atoms with Crippen LogP contribution in [0.4, 0.5) is 10.1 Å². The van der Waals surface area contributed by atoms with Crippen LogP contribution in [0.5, 0.6) is 5.75 Å². The monoisotopic (exact) mass is 404 g/mol. The number of ether oxygens (including phenoxy) is 1. The molecule has 7 heteroatoms. The van der Waals surface area contributed by atoms with Gasteiger partial charge in [0, 0.05) is 17.6 Å². The van der Waals surface area contributed by atoms with E-state index in [-0.39, 0.29) is 17.7 Å². The second kappa shape index (κ2) is 8.15. The van der Waals surface area contributed by atoms with E-state index in [2.05, 4.69) is 4.99 Å². The van der Waals surface area contributed by atoms with Gasteiger partial charge in [0.25, 0.3) is 5.91 Å². The molecule has 4 nitrogen and oxygen atoms in total. The molecule has 3 rings (SSSR count). The van der Waals surface area contributed by atoms with Gasteiger partial charge in [-0.25, -0.2) is 9.38 Å². The molecule has 0 unspecified atom stereocenters. The minimum Gasteiger partial charge on any atom is -0.490 e. The van der Waals surface area contributed by atoms with Crippen LogP contribution in [0.3, 0.4) is 0 Å². The van der Waals surface area contributed by atoms with E-state index in [4.69, 9.17) is 16.3 Å². The molecule has 1 fully saturated rings. The fourth-order valence-electron chi connectivity index (χ4n) is 2.43. The van der Waals surface area contributed by atoms with Crippen LogP contribution in [0.25, 0.3) is 6.08 Å². The largest absolute Gasteiger partial charge is 0.490 e. The van der Waals surface area contributed by atoms with E-state index in [0.29, 0.717) is 26.4 Å². The number of para-hydroxylation sites is 1. The van der Waals surface area contributed by atoms with Crippen LogP contribution in [0.2, 0.25) is 5.02 Å². The molecule has 1 aliphatic rings. The molecule has 0 N–H and O–H groups in total. The normalized spacial score (nSPS) is 17.4. The van der Waals surface area contributed by atoms with Crippen molar-refractivity contribution in [3.8, 4) is 5.75 Å². The highest BCUT2D eigenvalue weighted by atomic mass is 35.5. The molecule has 2 aromatic rings. The highest BCUT2D eigenvalue weighted by Gasteiger charge is 2.31. The van der Waals surface area contributed by atoms with Gasteiger partial charge in [-0.1, -0.05) is 23.7 Å². The summed E-state index contributed by atoms with van der Waals surface area (Å²) in [6.07, 6.45) is 1.70. The number of amides is 1. The second-order valence-electron chi connectivity index (χ2n) is 6.17. The predicted octanol–water partition coefficient (Wildman–Crippen LogP) is 5.50. The number of thioether (sulfide) groups is 1. The average molecular weight is 405 g/mol. The molecule has 1 saturated heterocycles. The first-order chi connectivity index (χ1) is 12.8. The summed E-state index contributed by atoms with van der Waals surface area (Å²) in [5.74, 6) is -0.0191. The molecule has 0 aliphatic carbocycles. The lowest BCUT2D eigenvalue weighted by Crippen LogP contribution is -2.23. The van der Waals surface area contributed by atoms with Crippen LogP contribution in [-0.2, 0) is 4.79 Å². The Bertz CT molecular complexity index is 943. The topological polar surface area (TPSA) is 41.9 Å². The summed E-state index contributed by atoms with van der Waals surface area (Å²) in [6, 6.07) is 11.4. The quantitative estimate of drug-likeness (QED) is 0.632. The third-order valence-corrected chi connectivity index (χ3v) is 4.99. The van der Waals surface area contributed by atoms with Gasteiger partial charge in [0.2, 0.25) is 0 Å². The van der Waals surface area contributed by atoms with Gasteiger partial charge in [-0.15, -0.1) is 0 Å². The Kier molecular flexibility index (Phi) is 5.87. The number of carbonyl (C=O) groups excluding carboxylic acids is 1. The number of amidine groups is 1. The summed E-state index contributed by atoms with van der Waals surface area (Å²) >= 11 is 7.29. The smallest absolute Gasteiger partial charge is 0.266 e. The molecule has 2 aromatic carbocycles. The minimum atomic E-state index is -0.439. The van der Waals surface area contributed by atoms with Crippen molar-refractivity contribution >= 4 is 46.2 Å². The van der Waals surface area contributed by atoms with Crippen molar-refractivity contribution in [3.63, 3.8) is 0 Å². The van der Waals surface area contributed by atoms with Crippen LogP contribution in [0.1, 0.15) is 19.4 Å². The fraction of sp³-hybridized carbons (Fsp3) is 0.200. The van der Waals surface area contributed by atoms with E-state index in [0.717, 1.165) is 0 Å². The van der Waals surface area contributed by atoms with Gasteiger partial charge in [0.15, 0.2) is 5.17 Å². The van der Waals surface area contributed by atoms with Crippen LogP contribution >= 0.6 is 23.4 Å². The van der Waals surface area contributed by atoms with Gasteiger partial charge in [0.1, 0.15) is 17.3 Å². The van der Waals surface area contributed by atoms with Gasteiger partial charge in [-0.2, -0.15) is 0 Å². The maximum atomic E-state index is 13.9. The van der Waals surface area contributed by atoms with Gasteiger partial charge in [-0.05, 0) is 62.0 Å². The summed E-state index contributed by atoms with van der Waals surface area (Å²) in [6.45, 7) is 3.85. The zero-order chi connectivity index (χ0) is 19.6. The van der Waals surface area contributed by atoms with Crippen LogP contribution in [0, 0.1) is 5.82 Å². The Morgan fingerprint density at radius 2 is 2.00 bits per heavy atom.